The zero-order valence-corrected chi connectivity index (χ0v) is 14.8. The predicted octanol–water partition coefficient (Wildman–Crippen LogP) is 2.85. The molecular weight excluding hydrogens is 360 g/mol. The highest BCUT2D eigenvalue weighted by Gasteiger charge is 2.23. The van der Waals surface area contributed by atoms with E-state index in [4.69, 9.17) is 0 Å². The molecule has 9 heteroatoms. The Morgan fingerprint density at radius 3 is 2.91 bits per heavy atom. The van der Waals surface area contributed by atoms with Crippen LogP contribution in [-0.2, 0) is 10.5 Å². The lowest BCUT2D eigenvalue weighted by atomic mass is 10.2. The molecule has 0 saturated carbocycles. The van der Waals surface area contributed by atoms with Gasteiger partial charge in [0.15, 0.2) is 4.34 Å². The van der Waals surface area contributed by atoms with Gasteiger partial charge in [0.25, 0.3) is 0 Å². The number of benzene rings is 1. The number of nitrogens with zero attached hydrogens (tertiary/aromatic N) is 2. The third kappa shape index (κ3) is 4.85. The van der Waals surface area contributed by atoms with Crippen molar-refractivity contribution < 1.29 is 4.79 Å². The molecule has 0 spiro atoms. The summed E-state index contributed by atoms with van der Waals surface area (Å²) in [6.07, 6.45) is 0. The van der Waals surface area contributed by atoms with Crippen LogP contribution in [0.3, 0.4) is 0 Å². The van der Waals surface area contributed by atoms with Gasteiger partial charge in [-0.05, 0) is 5.56 Å². The average molecular weight is 375 g/mol. The number of rotatable bonds is 5. The molecule has 5 nitrogen and oxygen atoms in total. The third-order valence-corrected chi connectivity index (χ3v) is 5.86. The molecule has 0 aliphatic carbocycles. The molecule has 1 atom stereocenters. The van der Waals surface area contributed by atoms with Crippen LogP contribution in [0, 0.1) is 0 Å². The van der Waals surface area contributed by atoms with Crippen LogP contribution in [0.5, 0.6) is 0 Å². The van der Waals surface area contributed by atoms with E-state index >= 15 is 0 Å². The maximum absolute atomic E-state index is 11.9. The Labute approximate surface area is 147 Å². The number of amides is 1. The molecular formula is C13H15ClN4OS3. The smallest absolute Gasteiger partial charge is 0.244 e. The van der Waals surface area contributed by atoms with Crippen molar-refractivity contribution in [3.05, 3.63) is 35.9 Å². The van der Waals surface area contributed by atoms with Crippen LogP contribution in [0.2, 0.25) is 0 Å². The van der Waals surface area contributed by atoms with Gasteiger partial charge in [-0.1, -0.05) is 53.4 Å². The van der Waals surface area contributed by atoms with E-state index < -0.39 is 0 Å². The summed E-state index contributed by atoms with van der Waals surface area (Å²) < 4.78 is 0.864. The first-order chi connectivity index (χ1) is 10.3. The molecule has 118 valence electrons. The van der Waals surface area contributed by atoms with Gasteiger partial charge in [0.2, 0.25) is 11.0 Å². The highest BCUT2D eigenvalue weighted by atomic mass is 35.5. The first kappa shape index (κ1) is 17.6. The van der Waals surface area contributed by atoms with E-state index in [1.165, 1.54) is 16.9 Å². The van der Waals surface area contributed by atoms with Crippen molar-refractivity contribution in [2.45, 2.75) is 16.1 Å². The highest BCUT2D eigenvalue weighted by molar-refractivity contribution is 8.00. The zero-order chi connectivity index (χ0) is 14.5. The first-order valence-electron chi connectivity index (χ1n) is 6.43. The Morgan fingerprint density at radius 1 is 1.36 bits per heavy atom. The fourth-order valence-corrected chi connectivity index (χ4v) is 4.45. The Morgan fingerprint density at radius 2 is 2.18 bits per heavy atom. The maximum atomic E-state index is 11.9. The first-order valence-corrected chi connectivity index (χ1v) is 9.39. The molecule has 1 fully saturated rings. The largest absolute Gasteiger partial charge is 0.299 e. The van der Waals surface area contributed by atoms with Crippen LogP contribution in [0.25, 0.3) is 0 Å². The van der Waals surface area contributed by atoms with Crippen molar-refractivity contribution in [2.75, 3.05) is 16.9 Å². The molecule has 0 radical (unpaired) electrons. The summed E-state index contributed by atoms with van der Waals surface area (Å²) in [5, 5.41) is 14.6. The second kappa shape index (κ2) is 8.73. The number of hydrogen-bond donors (Lipinski definition) is 2. The second-order valence-corrected chi connectivity index (χ2v) is 7.64. The van der Waals surface area contributed by atoms with Gasteiger partial charge in [0, 0.05) is 17.4 Å². The molecule has 1 aliphatic heterocycles. The van der Waals surface area contributed by atoms with Crippen molar-refractivity contribution in [1.29, 1.82) is 0 Å². The van der Waals surface area contributed by atoms with Gasteiger partial charge in [-0.2, -0.15) is 0 Å². The van der Waals surface area contributed by atoms with Crippen LogP contribution >= 0.6 is 47.3 Å². The molecule has 1 aromatic heterocycles. The monoisotopic (exact) mass is 374 g/mol. The minimum Gasteiger partial charge on any atom is -0.299 e. The van der Waals surface area contributed by atoms with Crippen molar-refractivity contribution in [3.63, 3.8) is 0 Å². The predicted molar refractivity (Wildman–Crippen MR) is 96.0 cm³/mol. The number of nitrogens with one attached hydrogen (secondary N) is 2. The summed E-state index contributed by atoms with van der Waals surface area (Å²) >= 11 is 4.76. The number of anilines is 1. The number of halogens is 1. The van der Waals surface area contributed by atoms with Crippen LogP contribution in [0.15, 0.2) is 34.7 Å². The summed E-state index contributed by atoms with van der Waals surface area (Å²) in [5.41, 5.74) is 1.25. The van der Waals surface area contributed by atoms with Gasteiger partial charge in [0.1, 0.15) is 0 Å². The van der Waals surface area contributed by atoms with Crippen molar-refractivity contribution in [1.82, 2.24) is 15.5 Å². The van der Waals surface area contributed by atoms with Gasteiger partial charge in [0.05, 0.1) is 6.04 Å². The summed E-state index contributed by atoms with van der Waals surface area (Å²) in [7, 11) is 0. The topological polar surface area (TPSA) is 66.9 Å². The highest BCUT2D eigenvalue weighted by Crippen LogP contribution is 2.28. The molecule has 2 aromatic rings. The lowest BCUT2D eigenvalue weighted by molar-refractivity contribution is -0.117. The summed E-state index contributed by atoms with van der Waals surface area (Å²) in [6.45, 7) is 0. The van der Waals surface area contributed by atoms with Crippen molar-refractivity contribution in [2.24, 2.45) is 0 Å². The van der Waals surface area contributed by atoms with Gasteiger partial charge in [-0.15, -0.1) is 34.4 Å². The van der Waals surface area contributed by atoms with Crippen molar-refractivity contribution in [3.8, 4) is 0 Å². The minimum absolute atomic E-state index is 0. The Bertz CT molecular complexity index is 604. The molecule has 1 unspecified atom stereocenters. The van der Waals surface area contributed by atoms with Gasteiger partial charge >= 0.3 is 0 Å². The molecule has 1 aliphatic rings. The molecule has 1 aromatic carbocycles. The minimum atomic E-state index is -0.126. The number of hydrogen-bond acceptors (Lipinski definition) is 7. The zero-order valence-electron chi connectivity index (χ0n) is 11.5. The van der Waals surface area contributed by atoms with E-state index in [0.717, 1.165) is 21.7 Å². The third-order valence-electron chi connectivity index (χ3n) is 2.87. The number of carbonyl (C=O) groups excluding carboxylic acids is 1. The molecule has 0 bridgehead atoms. The van der Waals surface area contributed by atoms with Crippen LogP contribution < -0.4 is 10.6 Å². The maximum Gasteiger partial charge on any atom is 0.244 e. The number of aromatic nitrogens is 2. The van der Waals surface area contributed by atoms with E-state index in [1.807, 2.05) is 18.2 Å². The van der Waals surface area contributed by atoms with Crippen LogP contribution in [-0.4, -0.2) is 33.8 Å². The van der Waals surface area contributed by atoms with E-state index in [2.05, 4.69) is 33.0 Å². The Kier molecular flexibility index (Phi) is 6.97. The van der Waals surface area contributed by atoms with E-state index in [0.29, 0.717) is 5.13 Å². The number of thioether (sulfide) groups is 2. The van der Waals surface area contributed by atoms with Crippen molar-refractivity contribution >= 4 is 58.3 Å². The molecule has 2 N–H and O–H groups in total. The Balaban J connectivity index is 0.00000176. The molecule has 1 saturated heterocycles. The average Bonchev–Trinajstić information content (AvgIpc) is 3.18. The Hall–Kier alpha value is -0.800. The standard InChI is InChI=1S/C13H14N4OS3.ClH/c18-11(10-7-19-8-14-10)15-12-16-17-13(21-12)20-6-9-4-2-1-3-5-9;/h1-5,10,14H,6-8H2,(H,15,16,18);1H. The fourth-order valence-electron chi connectivity index (χ4n) is 1.79. The molecule has 3 rings (SSSR count). The van der Waals surface area contributed by atoms with Gasteiger partial charge in [-0.3, -0.25) is 15.4 Å². The van der Waals surface area contributed by atoms with E-state index in [9.17, 15) is 4.79 Å². The van der Waals surface area contributed by atoms with Gasteiger partial charge in [-0.25, -0.2) is 0 Å². The van der Waals surface area contributed by atoms with Crippen LogP contribution in [0.1, 0.15) is 5.56 Å². The fraction of sp³-hybridized carbons (Fsp3) is 0.308. The number of carbonyl (C=O) groups is 1. The normalized spacial score (nSPS) is 17.0. The quantitative estimate of drug-likeness (QED) is 0.619. The SMILES string of the molecule is Cl.O=C(Nc1nnc(SCc2ccccc2)s1)C1CSCN1. The molecule has 1 amide bonds. The molecule has 2 heterocycles. The van der Waals surface area contributed by atoms with Crippen LogP contribution in [0.4, 0.5) is 5.13 Å². The molecule has 22 heavy (non-hydrogen) atoms. The lowest BCUT2D eigenvalue weighted by Crippen LogP contribution is -2.37. The van der Waals surface area contributed by atoms with E-state index in [1.54, 1.807) is 23.5 Å². The lowest BCUT2D eigenvalue weighted by Gasteiger charge is -2.06. The second-order valence-electron chi connectivity index (χ2n) is 4.41. The summed E-state index contributed by atoms with van der Waals surface area (Å²) in [6, 6.07) is 10.1. The summed E-state index contributed by atoms with van der Waals surface area (Å²) in [4.78, 5) is 11.9. The summed E-state index contributed by atoms with van der Waals surface area (Å²) in [5.74, 6) is 2.45. The van der Waals surface area contributed by atoms with Gasteiger partial charge < -0.3 is 0 Å². The van der Waals surface area contributed by atoms with E-state index in [-0.39, 0.29) is 24.4 Å².